The van der Waals surface area contributed by atoms with E-state index in [9.17, 15) is 9.90 Å². The van der Waals surface area contributed by atoms with E-state index in [0.29, 0.717) is 0 Å². The fourth-order valence-corrected chi connectivity index (χ4v) is 4.59. The molecule has 4 heteroatoms. The molecule has 1 heterocycles. The summed E-state index contributed by atoms with van der Waals surface area (Å²) in [6.07, 6.45) is 5.06. The summed E-state index contributed by atoms with van der Waals surface area (Å²) in [5.74, 6) is 0. The molecule has 0 amide bonds. The number of rotatable bonds is 2. The summed E-state index contributed by atoms with van der Waals surface area (Å²) in [6, 6.07) is 0. The van der Waals surface area contributed by atoms with Crippen molar-refractivity contribution in [3.05, 3.63) is 22.8 Å². The topological polar surface area (TPSA) is 49.3 Å². The third kappa shape index (κ3) is 2.59. The van der Waals surface area contributed by atoms with Gasteiger partial charge in [-0.3, -0.25) is 4.79 Å². The smallest absolute Gasteiger partial charge is 0.192 e. The van der Waals surface area contributed by atoms with Crippen LogP contribution >= 0.6 is 10.5 Å². The first kappa shape index (κ1) is 13.6. The van der Waals surface area contributed by atoms with Crippen molar-refractivity contribution in [2.75, 3.05) is 0 Å². The molecule has 0 aromatic rings. The molecule has 2 atom stereocenters. The Morgan fingerprint density at radius 1 is 1.61 bits per heavy atom. The monoisotopic (exact) mass is 267 g/mol. The Balaban J connectivity index is 2.35. The number of hydrogen-bond donors (Lipinski definition) is 2. The molecule has 2 N–H and O–H groups in total. The predicted octanol–water partition coefficient (Wildman–Crippen LogP) is 2.50. The summed E-state index contributed by atoms with van der Waals surface area (Å²) in [4.78, 5) is 14.4. The van der Waals surface area contributed by atoms with E-state index in [4.69, 9.17) is 0 Å². The second-order valence-corrected chi connectivity index (χ2v) is 7.85. The summed E-state index contributed by atoms with van der Waals surface area (Å²) in [7, 11) is -0.501. The lowest BCUT2D eigenvalue weighted by molar-refractivity contribution is -0.112. The van der Waals surface area contributed by atoms with Crippen LogP contribution in [0.1, 0.15) is 40.5 Å². The summed E-state index contributed by atoms with van der Waals surface area (Å²) < 4.78 is 0. The van der Waals surface area contributed by atoms with Gasteiger partial charge in [-0.1, -0.05) is 36.5 Å². The highest BCUT2D eigenvalue weighted by molar-refractivity contribution is 8.31. The van der Waals surface area contributed by atoms with Gasteiger partial charge >= 0.3 is 0 Å². The normalized spacial score (nSPS) is 26.9. The van der Waals surface area contributed by atoms with Gasteiger partial charge in [0.2, 0.25) is 0 Å². The van der Waals surface area contributed by atoms with Crippen LogP contribution in [-0.2, 0) is 4.79 Å². The number of aliphatic hydroxyl groups excluding tert-OH is 1. The van der Waals surface area contributed by atoms with Gasteiger partial charge in [0.15, 0.2) is 5.12 Å². The Kier molecular flexibility index (Phi) is 3.52. The van der Waals surface area contributed by atoms with Gasteiger partial charge in [-0.05, 0) is 25.7 Å². The number of nitrogens with one attached hydrogen (secondary N) is 1. The van der Waals surface area contributed by atoms with Crippen LogP contribution in [0.25, 0.3) is 0 Å². The van der Waals surface area contributed by atoms with Gasteiger partial charge in [0, 0.05) is 22.0 Å². The van der Waals surface area contributed by atoms with Crippen molar-refractivity contribution in [2.45, 2.75) is 46.6 Å². The highest BCUT2D eigenvalue weighted by atomic mass is 32.2. The number of carbonyl (C=O) groups excluding carboxylic acids is 1. The summed E-state index contributed by atoms with van der Waals surface area (Å²) in [5.41, 5.74) is 1.20. The minimum atomic E-state index is -0.567. The van der Waals surface area contributed by atoms with Crippen molar-refractivity contribution in [3.8, 4) is 0 Å². The molecule has 2 aliphatic rings. The molecule has 0 saturated carbocycles. The van der Waals surface area contributed by atoms with Crippen molar-refractivity contribution in [2.24, 2.45) is 5.41 Å². The van der Waals surface area contributed by atoms with E-state index < -0.39 is 16.6 Å². The van der Waals surface area contributed by atoms with Gasteiger partial charge in [-0.2, -0.15) is 0 Å². The SMILES string of the molecule is CC1=S(C(=O)CC(C)O)C2=CC(C)(C)CC=C2N1. The van der Waals surface area contributed by atoms with Crippen LogP contribution in [0.5, 0.6) is 0 Å². The summed E-state index contributed by atoms with van der Waals surface area (Å²) in [6.45, 7) is 8.00. The average Bonchev–Trinajstić information content (AvgIpc) is 2.50. The second kappa shape index (κ2) is 4.67. The maximum atomic E-state index is 12.3. The van der Waals surface area contributed by atoms with Gasteiger partial charge in [0.1, 0.15) is 0 Å². The quantitative estimate of drug-likeness (QED) is 0.756. The maximum absolute atomic E-state index is 12.3. The maximum Gasteiger partial charge on any atom is 0.192 e. The molecular formula is C14H21NO2S. The third-order valence-corrected chi connectivity index (χ3v) is 5.26. The summed E-state index contributed by atoms with van der Waals surface area (Å²) >= 11 is 0. The van der Waals surface area contributed by atoms with E-state index in [0.717, 1.165) is 22.0 Å². The van der Waals surface area contributed by atoms with Crippen LogP contribution in [0.2, 0.25) is 0 Å². The molecule has 0 bridgehead atoms. The molecule has 0 aromatic heterocycles. The molecule has 0 fully saturated rings. The highest BCUT2D eigenvalue weighted by Gasteiger charge is 2.31. The molecule has 1 aliphatic heterocycles. The fraction of sp³-hybridized carbons (Fsp3) is 0.571. The van der Waals surface area contributed by atoms with Crippen molar-refractivity contribution in [1.82, 2.24) is 5.32 Å². The first-order valence-corrected chi connectivity index (χ1v) is 7.52. The van der Waals surface area contributed by atoms with E-state index in [2.05, 4.69) is 31.3 Å². The van der Waals surface area contributed by atoms with Crippen LogP contribution < -0.4 is 5.32 Å². The molecule has 0 radical (unpaired) electrons. The van der Waals surface area contributed by atoms with Gasteiger partial charge in [-0.15, -0.1) is 0 Å². The predicted molar refractivity (Wildman–Crippen MR) is 77.3 cm³/mol. The highest BCUT2D eigenvalue weighted by Crippen LogP contribution is 2.44. The van der Waals surface area contributed by atoms with Gasteiger partial charge in [0.05, 0.1) is 6.10 Å². The zero-order valence-electron chi connectivity index (χ0n) is 11.4. The largest absolute Gasteiger partial charge is 0.393 e. The fourth-order valence-electron chi connectivity index (χ4n) is 2.26. The number of aliphatic hydroxyl groups is 1. The Morgan fingerprint density at radius 2 is 2.28 bits per heavy atom. The molecule has 100 valence electrons. The van der Waals surface area contributed by atoms with Crippen molar-refractivity contribution >= 4 is 20.6 Å². The zero-order valence-corrected chi connectivity index (χ0v) is 12.2. The first-order valence-electron chi connectivity index (χ1n) is 6.29. The molecule has 2 unspecified atom stereocenters. The van der Waals surface area contributed by atoms with Crippen molar-refractivity contribution in [1.29, 1.82) is 0 Å². The van der Waals surface area contributed by atoms with Crippen molar-refractivity contribution in [3.63, 3.8) is 0 Å². The Morgan fingerprint density at radius 3 is 2.89 bits per heavy atom. The minimum Gasteiger partial charge on any atom is -0.393 e. The number of carbonyl (C=O) groups is 1. The van der Waals surface area contributed by atoms with Crippen molar-refractivity contribution < 1.29 is 9.90 Å². The Hall–Kier alpha value is -0.870. The number of fused-ring (bicyclic) bond motifs is 1. The van der Waals surface area contributed by atoms with Gasteiger partial charge in [0.25, 0.3) is 0 Å². The molecule has 0 saturated heterocycles. The van der Waals surface area contributed by atoms with Crippen LogP contribution in [0.3, 0.4) is 0 Å². The number of allylic oxidation sites excluding steroid dienone is 2. The van der Waals surface area contributed by atoms with E-state index in [1.807, 2.05) is 6.92 Å². The Bertz CT molecular complexity index is 484. The van der Waals surface area contributed by atoms with Crippen LogP contribution in [0.15, 0.2) is 22.8 Å². The minimum absolute atomic E-state index is 0.113. The molecule has 0 spiro atoms. The molecule has 1 aliphatic carbocycles. The molecule has 0 aromatic carbocycles. The lowest BCUT2D eigenvalue weighted by atomic mass is 9.85. The second-order valence-electron chi connectivity index (χ2n) is 5.73. The Labute approximate surface area is 111 Å². The van der Waals surface area contributed by atoms with E-state index in [1.165, 1.54) is 0 Å². The third-order valence-electron chi connectivity index (χ3n) is 3.15. The van der Waals surface area contributed by atoms with Gasteiger partial charge in [-0.25, -0.2) is 0 Å². The van der Waals surface area contributed by atoms with E-state index in [-0.39, 0.29) is 17.0 Å². The zero-order chi connectivity index (χ0) is 13.5. The molecule has 18 heavy (non-hydrogen) atoms. The van der Waals surface area contributed by atoms with Crippen LogP contribution in [-0.4, -0.2) is 21.3 Å². The molecule has 3 nitrogen and oxygen atoms in total. The van der Waals surface area contributed by atoms with E-state index in [1.54, 1.807) is 6.92 Å². The summed E-state index contributed by atoms with van der Waals surface area (Å²) in [5, 5.41) is 12.8. The lowest BCUT2D eigenvalue weighted by Crippen LogP contribution is -2.17. The molecule has 2 rings (SSSR count). The van der Waals surface area contributed by atoms with Crippen LogP contribution in [0, 0.1) is 5.41 Å². The van der Waals surface area contributed by atoms with E-state index >= 15 is 0 Å². The average molecular weight is 267 g/mol. The van der Waals surface area contributed by atoms with Crippen LogP contribution in [0.4, 0.5) is 0 Å². The lowest BCUT2D eigenvalue weighted by Gasteiger charge is -2.25. The molecular weight excluding hydrogens is 246 g/mol. The number of hydrogen-bond acceptors (Lipinski definition) is 3. The first-order chi connectivity index (χ1) is 8.30. The standard InChI is InChI=1S/C14H21NO2S/c1-9(16)7-13(17)18-10(2)15-11-5-6-14(3,4)8-12(11)18/h5,8-9,15-16H,6-7H2,1-4H3. The van der Waals surface area contributed by atoms with Gasteiger partial charge < -0.3 is 10.4 Å².